The smallest absolute Gasteiger partial charge is 0.103 e. The van der Waals surface area contributed by atoms with Crippen LogP contribution in [-0.2, 0) is 0 Å². The summed E-state index contributed by atoms with van der Waals surface area (Å²) in [5.74, 6) is 0.979. The van der Waals surface area contributed by atoms with Crippen LogP contribution in [0.3, 0.4) is 0 Å². The number of piperazine rings is 1. The number of thioether (sulfide) groups is 1. The van der Waals surface area contributed by atoms with E-state index >= 15 is 0 Å². The van der Waals surface area contributed by atoms with Crippen molar-refractivity contribution >= 4 is 17.4 Å². The molecule has 1 aromatic rings. The molecule has 19 heavy (non-hydrogen) atoms. The first-order valence-corrected chi connectivity index (χ1v) is 7.59. The Bertz CT molecular complexity index is 461. The monoisotopic (exact) mass is 276 g/mol. The quantitative estimate of drug-likeness (QED) is 0.854. The molecule has 5 heteroatoms. The van der Waals surface area contributed by atoms with Crippen LogP contribution in [0.25, 0.3) is 0 Å². The minimum atomic E-state index is 0.758. The third kappa shape index (κ3) is 3.63. The number of anilines is 1. The molecule has 0 saturated carbocycles. The summed E-state index contributed by atoms with van der Waals surface area (Å²) in [5.41, 5.74) is 5.07. The van der Waals surface area contributed by atoms with Crippen molar-refractivity contribution in [2.24, 2.45) is 0 Å². The summed E-state index contributed by atoms with van der Waals surface area (Å²) < 4.78 is 0. The maximum absolute atomic E-state index is 9.37. The number of hydrazine groups is 1. The van der Waals surface area contributed by atoms with Crippen molar-refractivity contribution in [2.45, 2.75) is 11.8 Å². The summed E-state index contributed by atoms with van der Waals surface area (Å²) in [6.07, 6.45) is 0. The molecular weight excluding hydrogens is 256 g/mol. The topological polar surface area (TPSA) is 42.3 Å². The van der Waals surface area contributed by atoms with Crippen LogP contribution in [-0.4, -0.2) is 48.9 Å². The fourth-order valence-corrected chi connectivity index (χ4v) is 2.89. The van der Waals surface area contributed by atoms with Gasteiger partial charge >= 0.3 is 0 Å². The average molecular weight is 276 g/mol. The Hall–Kier alpha value is -1.22. The molecule has 2 rings (SSSR count). The Labute approximate surface area is 119 Å². The molecule has 0 aliphatic carbocycles. The second-order valence-electron chi connectivity index (χ2n) is 4.63. The summed E-state index contributed by atoms with van der Waals surface area (Å²) in [7, 11) is 2.14. The molecule has 1 aliphatic rings. The van der Waals surface area contributed by atoms with Crippen LogP contribution in [0.15, 0.2) is 23.1 Å². The molecule has 4 nitrogen and oxygen atoms in total. The Morgan fingerprint density at radius 2 is 2.05 bits per heavy atom. The van der Waals surface area contributed by atoms with Gasteiger partial charge < -0.3 is 10.3 Å². The predicted octanol–water partition coefficient (Wildman–Crippen LogP) is 2.24. The molecule has 0 aromatic heterocycles. The van der Waals surface area contributed by atoms with E-state index in [9.17, 15) is 5.26 Å². The van der Waals surface area contributed by atoms with Crippen LogP contribution in [0.1, 0.15) is 12.5 Å². The Balaban J connectivity index is 2.11. The highest BCUT2D eigenvalue weighted by molar-refractivity contribution is 7.99. The summed E-state index contributed by atoms with van der Waals surface area (Å²) in [6.45, 7) is 6.17. The van der Waals surface area contributed by atoms with E-state index in [0.29, 0.717) is 0 Å². The summed E-state index contributed by atoms with van der Waals surface area (Å²) in [6, 6.07) is 8.34. The van der Waals surface area contributed by atoms with Gasteiger partial charge in [0, 0.05) is 31.1 Å². The average Bonchev–Trinajstić information content (AvgIpc) is 2.42. The summed E-state index contributed by atoms with van der Waals surface area (Å²) in [4.78, 5) is 3.37. The van der Waals surface area contributed by atoms with E-state index < -0.39 is 0 Å². The number of rotatable bonds is 4. The maximum Gasteiger partial charge on any atom is 0.103 e. The third-order valence-corrected chi connectivity index (χ3v) is 4.16. The molecule has 1 heterocycles. The van der Waals surface area contributed by atoms with Crippen molar-refractivity contribution in [1.82, 2.24) is 9.91 Å². The van der Waals surface area contributed by atoms with E-state index in [2.05, 4.69) is 35.4 Å². The molecule has 0 bridgehead atoms. The van der Waals surface area contributed by atoms with Crippen LogP contribution in [0, 0.1) is 11.3 Å². The Kier molecular flexibility index (Phi) is 5.08. The van der Waals surface area contributed by atoms with Gasteiger partial charge in [-0.1, -0.05) is 13.0 Å². The number of hydrogen-bond acceptors (Lipinski definition) is 5. The van der Waals surface area contributed by atoms with Gasteiger partial charge in [-0.2, -0.15) is 5.26 Å². The number of nitrogens with zero attached hydrogens (tertiary/aromatic N) is 3. The fourth-order valence-electron chi connectivity index (χ4n) is 2.10. The molecule has 0 unspecified atom stereocenters. The summed E-state index contributed by atoms with van der Waals surface area (Å²) in [5, 5.41) is 11.6. The van der Waals surface area contributed by atoms with Crippen LogP contribution >= 0.6 is 11.8 Å². The molecule has 1 saturated heterocycles. The second-order valence-corrected chi connectivity index (χ2v) is 5.93. The lowest BCUT2D eigenvalue weighted by atomic mass is 10.2. The van der Waals surface area contributed by atoms with E-state index in [4.69, 9.17) is 0 Å². The zero-order chi connectivity index (χ0) is 13.7. The fraction of sp³-hybridized carbons (Fsp3) is 0.500. The minimum Gasteiger partial charge on any atom is -0.317 e. The normalized spacial score (nSPS) is 17.1. The first kappa shape index (κ1) is 14.2. The largest absolute Gasteiger partial charge is 0.317 e. The SMILES string of the molecule is CCSc1cccc(NN2CCN(C)CC2)c1C#N. The lowest BCUT2D eigenvalue weighted by Crippen LogP contribution is -2.47. The second kappa shape index (κ2) is 6.80. The van der Waals surface area contributed by atoms with Gasteiger partial charge in [0.25, 0.3) is 0 Å². The highest BCUT2D eigenvalue weighted by atomic mass is 32.2. The Morgan fingerprint density at radius 1 is 1.32 bits per heavy atom. The molecule has 0 amide bonds. The van der Waals surface area contributed by atoms with Gasteiger partial charge in [-0.15, -0.1) is 11.8 Å². The van der Waals surface area contributed by atoms with Gasteiger partial charge in [-0.05, 0) is 24.9 Å². The number of benzene rings is 1. The highest BCUT2D eigenvalue weighted by Gasteiger charge is 2.15. The molecular formula is C14H20N4S. The number of nitriles is 1. The molecule has 1 aromatic carbocycles. The zero-order valence-electron chi connectivity index (χ0n) is 11.5. The standard InChI is InChI=1S/C14H20N4S/c1-3-19-14-6-4-5-13(12(14)11-15)16-18-9-7-17(2)8-10-18/h4-6,16H,3,7-10H2,1-2H3. The molecule has 0 radical (unpaired) electrons. The highest BCUT2D eigenvalue weighted by Crippen LogP contribution is 2.28. The van der Waals surface area contributed by atoms with Crippen molar-refractivity contribution in [1.29, 1.82) is 5.26 Å². The van der Waals surface area contributed by atoms with Crippen molar-refractivity contribution < 1.29 is 0 Å². The molecule has 1 fully saturated rings. The van der Waals surface area contributed by atoms with Crippen LogP contribution in [0.4, 0.5) is 5.69 Å². The Morgan fingerprint density at radius 3 is 2.68 bits per heavy atom. The molecule has 0 spiro atoms. The predicted molar refractivity (Wildman–Crippen MR) is 80.2 cm³/mol. The van der Waals surface area contributed by atoms with Gasteiger partial charge in [0.05, 0.1) is 11.3 Å². The molecule has 0 atom stereocenters. The first-order valence-electron chi connectivity index (χ1n) is 6.60. The van der Waals surface area contributed by atoms with Crippen LogP contribution < -0.4 is 5.43 Å². The van der Waals surface area contributed by atoms with Gasteiger partial charge in [0.2, 0.25) is 0 Å². The van der Waals surface area contributed by atoms with Crippen molar-refractivity contribution in [3.63, 3.8) is 0 Å². The minimum absolute atomic E-state index is 0.758. The van der Waals surface area contributed by atoms with Gasteiger partial charge in [-0.3, -0.25) is 0 Å². The lowest BCUT2D eigenvalue weighted by molar-refractivity contribution is 0.179. The van der Waals surface area contributed by atoms with E-state index in [-0.39, 0.29) is 0 Å². The first-order chi connectivity index (χ1) is 9.24. The van der Waals surface area contributed by atoms with E-state index in [0.717, 1.165) is 48.1 Å². The van der Waals surface area contributed by atoms with Gasteiger partial charge in [0.1, 0.15) is 6.07 Å². The van der Waals surface area contributed by atoms with E-state index in [1.807, 2.05) is 18.2 Å². The van der Waals surface area contributed by atoms with Crippen LogP contribution in [0.5, 0.6) is 0 Å². The number of nitrogens with one attached hydrogen (secondary N) is 1. The van der Waals surface area contributed by atoms with Crippen molar-refractivity contribution in [3.05, 3.63) is 23.8 Å². The third-order valence-electron chi connectivity index (χ3n) is 3.22. The summed E-state index contributed by atoms with van der Waals surface area (Å²) >= 11 is 1.71. The van der Waals surface area contributed by atoms with Crippen molar-refractivity contribution in [2.75, 3.05) is 44.4 Å². The number of hydrogen-bond donors (Lipinski definition) is 1. The zero-order valence-corrected chi connectivity index (χ0v) is 12.3. The van der Waals surface area contributed by atoms with Crippen molar-refractivity contribution in [3.8, 4) is 6.07 Å². The number of likely N-dealkylation sites (N-methyl/N-ethyl adjacent to an activating group) is 1. The van der Waals surface area contributed by atoms with Crippen LogP contribution in [0.2, 0.25) is 0 Å². The maximum atomic E-state index is 9.37. The molecule has 102 valence electrons. The van der Waals surface area contributed by atoms with Gasteiger partial charge in [0.15, 0.2) is 0 Å². The molecule has 1 N–H and O–H groups in total. The van der Waals surface area contributed by atoms with Gasteiger partial charge in [-0.25, -0.2) is 5.01 Å². The van der Waals surface area contributed by atoms with E-state index in [1.165, 1.54) is 0 Å². The lowest BCUT2D eigenvalue weighted by Gasteiger charge is -2.33. The van der Waals surface area contributed by atoms with E-state index in [1.54, 1.807) is 11.8 Å². The molecule has 1 aliphatic heterocycles.